The maximum absolute atomic E-state index is 11.4. The lowest BCUT2D eigenvalue weighted by atomic mass is 10.3. The summed E-state index contributed by atoms with van der Waals surface area (Å²) in [7, 11) is -3.41. The number of sulfonamides is 1. The summed E-state index contributed by atoms with van der Waals surface area (Å²) in [5.41, 5.74) is 5.21. The first-order chi connectivity index (χ1) is 9.26. The Balaban J connectivity index is 2.85. The molecule has 0 saturated carbocycles. The van der Waals surface area contributed by atoms with Gasteiger partial charge < -0.3 is 11.1 Å². The number of aromatic nitrogens is 2. The summed E-state index contributed by atoms with van der Waals surface area (Å²) in [4.78, 5) is 17.7. The molecule has 112 valence electrons. The largest absolute Gasteiger partial charge is 0.368 e. The lowest BCUT2D eigenvalue weighted by Gasteiger charge is -2.08. The lowest BCUT2D eigenvalue weighted by Crippen LogP contribution is -2.29. The molecule has 0 atom stereocenters. The summed E-state index contributed by atoms with van der Waals surface area (Å²) in [6.45, 7) is 3.33. The molecule has 0 spiro atoms. The van der Waals surface area contributed by atoms with Crippen molar-refractivity contribution < 1.29 is 13.3 Å². The molecule has 11 heteroatoms. The van der Waals surface area contributed by atoms with Gasteiger partial charge in [0.2, 0.25) is 21.8 Å². The van der Waals surface area contributed by atoms with E-state index in [4.69, 9.17) is 5.73 Å². The summed E-state index contributed by atoms with van der Waals surface area (Å²) < 4.78 is 25.2. The van der Waals surface area contributed by atoms with Gasteiger partial charge in [-0.15, -0.1) is 0 Å². The average molecular weight is 304 g/mol. The standard InChI is InChI=1S/C9H16N6O4S/c1-3-12-20(18,19)5-4-11-8-7(15(16)17)6(2)13-9(10)14-8/h12H,3-5H2,1-2H3,(H3,10,11,13,14). The van der Waals surface area contributed by atoms with Gasteiger partial charge in [0.15, 0.2) is 0 Å². The van der Waals surface area contributed by atoms with Crippen LogP contribution in [0.1, 0.15) is 12.6 Å². The highest BCUT2D eigenvalue weighted by atomic mass is 32.2. The first-order valence-corrected chi connectivity index (χ1v) is 7.41. The minimum atomic E-state index is -3.41. The molecular formula is C9H16N6O4S. The van der Waals surface area contributed by atoms with Crippen LogP contribution in [0.4, 0.5) is 17.5 Å². The van der Waals surface area contributed by atoms with Gasteiger partial charge in [-0.25, -0.2) is 18.1 Å². The van der Waals surface area contributed by atoms with Crippen molar-refractivity contribution in [2.24, 2.45) is 0 Å². The molecule has 0 radical (unpaired) electrons. The smallest absolute Gasteiger partial charge is 0.332 e. The molecule has 0 amide bonds. The van der Waals surface area contributed by atoms with E-state index in [-0.39, 0.29) is 42.0 Å². The second-order valence-corrected chi connectivity index (χ2v) is 5.79. The van der Waals surface area contributed by atoms with E-state index in [0.29, 0.717) is 0 Å². The first-order valence-electron chi connectivity index (χ1n) is 5.76. The molecule has 1 aromatic heterocycles. The maximum atomic E-state index is 11.4. The van der Waals surface area contributed by atoms with Crippen LogP contribution < -0.4 is 15.8 Å². The number of nitro groups is 1. The zero-order chi connectivity index (χ0) is 15.3. The zero-order valence-corrected chi connectivity index (χ0v) is 11.9. The highest BCUT2D eigenvalue weighted by molar-refractivity contribution is 7.89. The Morgan fingerprint density at radius 2 is 2.05 bits per heavy atom. The Kier molecular flexibility index (Phi) is 5.16. The summed E-state index contributed by atoms with van der Waals surface area (Å²) >= 11 is 0. The lowest BCUT2D eigenvalue weighted by molar-refractivity contribution is -0.385. The molecule has 1 rings (SSSR count). The van der Waals surface area contributed by atoms with Crippen LogP contribution in [0.5, 0.6) is 0 Å². The Morgan fingerprint density at radius 3 is 2.60 bits per heavy atom. The molecule has 0 aliphatic heterocycles. The average Bonchev–Trinajstić information content (AvgIpc) is 2.26. The van der Waals surface area contributed by atoms with Crippen LogP contribution in [0.25, 0.3) is 0 Å². The summed E-state index contributed by atoms with van der Waals surface area (Å²) in [5.74, 6) is -0.446. The third kappa shape index (κ3) is 4.28. The van der Waals surface area contributed by atoms with Crippen molar-refractivity contribution in [2.45, 2.75) is 13.8 Å². The van der Waals surface area contributed by atoms with Crippen LogP contribution in [0.15, 0.2) is 0 Å². The number of rotatable bonds is 7. The van der Waals surface area contributed by atoms with E-state index >= 15 is 0 Å². The molecular weight excluding hydrogens is 288 g/mol. The molecule has 0 unspecified atom stereocenters. The SMILES string of the molecule is CCNS(=O)(=O)CCNc1nc(N)nc(C)c1[N+](=O)[O-]. The quantitative estimate of drug-likeness (QED) is 0.455. The molecule has 0 aromatic carbocycles. The van der Waals surface area contributed by atoms with Crippen molar-refractivity contribution in [3.05, 3.63) is 15.8 Å². The van der Waals surface area contributed by atoms with Gasteiger partial charge in [0, 0.05) is 13.1 Å². The Labute approximate surface area is 116 Å². The van der Waals surface area contributed by atoms with E-state index in [1.807, 2.05) is 0 Å². The Morgan fingerprint density at radius 1 is 1.40 bits per heavy atom. The van der Waals surface area contributed by atoms with E-state index in [9.17, 15) is 18.5 Å². The van der Waals surface area contributed by atoms with Crippen LogP contribution in [-0.2, 0) is 10.0 Å². The van der Waals surface area contributed by atoms with Gasteiger partial charge in [-0.1, -0.05) is 6.92 Å². The van der Waals surface area contributed by atoms with E-state index in [1.165, 1.54) is 6.92 Å². The second-order valence-electron chi connectivity index (χ2n) is 3.87. The predicted octanol–water partition coefficient (Wildman–Crippen LogP) is -0.373. The van der Waals surface area contributed by atoms with Crippen LogP contribution in [0.2, 0.25) is 0 Å². The highest BCUT2D eigenvalue weighted by Gasteiger charge is 2.21. The summed E-state index contributed by atoms with van der Waals surface area (Å²) in [6.07, 6.45) is 0. The molecule has 0 aliphatic carbocycles. The van der Waals surface area contributed by atoms with E-state index in [2.05, 4.69) is 20.0 Å². The fourth-order valence-electron chi connectivity index (χ4n) is 1.53. The summed E-state index contributed by atoms with van der Waals surface area (Å²) in [6, 6.07) is 0. The monoisotopic (exact) mass is 304 g/mol. The fraction of sp³-hybridized carbons (Fsp3) is 0.556. The number of nitrogens with zero attached hydrogens (tertiary/aromatic N) is 3. The molecule has 0 saturated heterocycles. The molecule has 1 heterocycles. The number of anilines is 2. The van der Waals surface area contributed by atoms with Crippen LogP contribution in [0, 0.1) is 17.0 Å². The molecule has 10 nitrogen and oxygen atoms in total. The number of nitrogens with two attached hydrogens (primary N) is 1. The van der Waals surface area contributed by atoms with Gasteiger partial charge in [-0.05, 0) is 6.92 Å². The number of nitrogen functional groups attached to an aromatic ring is 1. The van der Waals surface area contributed by atoms with E-state index in [1.54, 1.807) is 6.92 Å². The van der Waals surface area contributed by atoms with Crippen molar-refractivity contribution in [1.82, 2.24) is 14.7 Å². The van der Waals surface area contributed by atoms with Gasteiger partial charge in [-0.2, -0.15) is 4.98 Å². The second kappa shape index (κ2) is 6.43. The normalized spacial score (nSPS) is 11.3. The molecule has 4 N–H and O–H groups in total. The van der Waals surface area contributed by atoms with Crippen molar-refractivity contribution in [2.75, 3.05) is 29.9 Å². The predicted molar refractivity (Wildman–Crippen MR) is 73.8 cm³/mol. The van der Waals surface area contributed by atoms with Crippen LogP contribution in [0.3, 0.4) is 0 Å². The molecule has 0 bridgehead atoms. The Hall–Kier alpha value is -2.01. The summed E-state index contributed by atoms with van der Waals surface area (Å²) in [5, 5.41) is 13.5. The van der Waals surface area contributed by atoms with Crippen LogP contribution in [-0.4, -0.2) is 42.2 Å². The molecule has 0 fully saturated rings. The van der Waals surface area contributed by atoms with Crippen molar-refractivity contribution in [1.29, 1.82) is 0 Å². The zero-order valence-electron chi connectivity index (χ0n) is 11.1. The third-order valence-corrected chi connectivity index (χ3v) is 3.76. The number of aryl methyl sites for hydroxylation is 1. The van der Waals surface area contributed by atoms with Gasteiger partial charge in [-0.3, -0.25) is 10.1 Å². The molecule has 20 heavy (non-hydrogen) atoms. The van der Waals surface area contributed by atoms with E-state index in [0.717, 1.165) is 0 Å². The van der Waals surface area contributed by atoms with Gasteiger partial charge in [0.25, 0.3) is 0 Å². The fourth-order valence-corrected chi connectivity index (χ4v) is 2.48. The minimum absolute atomic E-state index is 0.0356. The van der Waals surface area contributed by atoms with Gasteiger partial charge >= 0.3 is 5.69 Å². The molecule has 0 aliphatic rings. The van der Waals surface area contributed by atoms with Crippen LogP contribution >= 0.6 is 0 Å². The van der Waals surface area contributed by atoms with Gasteiger partial charge in [0.05, 0.1) is 10.7 Å². The van der Waals surface area contributed by atoms with Crippen molar-refractivity contribution in [3.63, 3.8) is 0 Å². The highest BCUT2D eigenvalue weighted by Crippen LogP contribution is 2.25. The number of hydrogen-bond acceptors (Lipinski definition) is 8. The number of nitrogens with one attached hydrogen (secondary N) is 2. The van der Waals surface area contributed by atoms with E-state index < -0.39 is 14.9 Å². The molecule has 1 aromatic rings. The Bertz CT molecular complexity index is 603. The maximum Gasteiger partial charge on any atom is 0.332 e. The third-order valence-electron chi connectivity index (χ3n) is 2.29. The number of hydrogen-bond donors (Lipinski definition) is 3. The van der Waals surface area contributed by atoms with Crippen molar-refractivity contribution in [3.8, 4) is 0 Å². The van der Waals surface area contributed by atoms with Crippen molar-refractivity contribution >= 4 is 27.5 Å². The minimum Gasteiger partial charge on any atom is -0.368 e. The first kappa shape index (κ1) is 16.0. The van der Waals surface area contributed by atoms with Gasteiger partial charge in [0.1, 0.15) is 5.69 Å². The topological polar surface area (TPSA) is 153 Å².